The largest absolute Gasteiger partial charge is 0.353 e. The molecule has 2 amide bonds. The number of hydrogen-bond acceptors (Lipinski definition) is 2. The Hall–Kier alpha value is -2.56. The second-order valence-electron chi connectivity index (χ2n) is 9.10. The van der Waals surface area contributed by atoms with Gasteiger partial charge in [0.05, 0.1) is 6.54 Å². The van der Waals surface area contributed by atoms with Crippen molar-refractivity contribution in [1.29, 1.82) is 0 Å². The standard InChI is InChI=1S/C27H39N3O2/c1-4-6-8-10-22-12-14-23(15-13-22)27(32)29(19-7-5-2)21-26(31)30(24-16-17-24)20-25-11-9-18-28(25)3/h9,11-15,18,24H,4-8,10,16-17,19-21H2,1-3H3. The van der Waals surface area contributed by atoms with Gasteiger partial charge in [-0.2, -0.15) is 0 Å². The van der Waals surface area contributed by atoms with Crippen LogP contribution in [0.5, 0.6) is 0 Å². The molecular weight excluding hydrogens is 398 g/mol. The Bertz CT molecular complexity index is 867. The van der Waals surface area contributed by atoms with E-state index >= 15 is 0 Å². The van der Waals surface area contributed by atoms with Crippen molar-refractivity contribution in [2.24, 2.45) is 7.05 Å². The van der Waals surface area contributed by atoms with E-state index in [9.17, 15) is 9.59 Å². The molecule has 1 saturated carbocycles. The quantitative estimate of drug-likeness (QED) is 0.405. The fourth-order valence-electron chi connectivity index (χ4n) is 4.07. The molecule has 1 aliphatic rings. The first-order valence-electron chi connectivity index (χ1n) is 12.3. The van der Waals surface area contributed by atoms with Crippen LogP contribution >= 0.6 is 0 Å². The Morgan fingerprint density at radius 2 is 1.72 bits per heavy atom. The molecule has 0 spiro atoms. The Morgan fingerprint density at radius 3 is 2.31 bits per heavy atom. The van der Waals surface area contributed by atoms with Crippen molar-refractivity contribution in [3.05, 3.63) is 59.4 Å². The van der Waals surface area contributed by atoms with E-state index in [-0.39, 0.29) is 18.4 Å². The van der Waals surface area contributed by atoms with Gasteiger partial charge in [0, 0.05) is 37.1 Å². The summed E-state index contributed by atoms with van der Waals surface area (Å²) in [4.78, 5) is 30.3. The lowest BCUT2D eigenvalue weighted by Gasteiger charge is -2.28. The van der Waals surface area contributed by atoms with Crippen LogP contribution in [0.15, 0.2) is 42.6 Å². The van der Waals surface area contributed by atoms with E-state index in [2.05, 4.69) is 36.6 Å². The summed E-state index contributed by atoms with van der Waals surface area (Å²) in [5.41, 5.74) is 3.07. The number of amides is 2. The smallest absolute Gasteiger partial charge is 0.254 e. The van der Waals surface area contributed by atoms with Crippen molar-refractivity contribution in [2.75, 3.05) is 13.1 Å². The van der Waals surface area contributed by atoms with E-state index in [4.69, 9.17) is 0 Å². The molecule has 0 unspecified atom stereocenters. The summed E-state index contributed by atoms with van der Waals surface area (Å²) < 4.78 is 2.06. The summed E-state index contributed by atoms with van der Waals surface area (Å²) in [7, 11) is 2.01. The molecule has 0 bridgehead atoms. The van der Waals surface area contributed by atoms with Gasteiger partial charge in [-0.25, -0.2) is 0 Å². The van der Waals surface area contributed by atoms with E-state index < -0.39 is 0 Å². The molecule has 174 valence electrons. The number of aromatic nitrogens is 1. The maximum absolute atomic E-state index is 13.3. The summed E-state index contributed by atoms with van der Waals surface area (Å²) in [5.74, 6) is 0.0101. The molecule has 1 fully saturated rings. The molecular formula is C27H39N3O2. The summed E-state index contributed by atoms with van der Waals surface area (Å²) >= 11 is 0. The number of aryl methyl sites for hydroxylation is 2. The zero-order chi connectivity index (χ0) is 22.9. The molecule has 0 aliphatic heterocycles. The van der Waals surface area contributed by atoms with Gasteiger partial charge in [0.2, 0.25) is 5.91 Å². The van der Waals surface area contributed by atoms with Crippen molar-refractivity contribution >= 4 is 11.8 Å². The summed E-state index contributed by atoms with van der Waals surface area (Å²) in [6.45, 7) is 5.69. The number of unbranched alkanes of at least 4 members (excludes halogenated alkanes) is 3. The molecule has 0 atom stereocenters. The van der Waals surface area contributed by atoms with Crippen LogP contribution in [-0.2, 0) is 24.8 Å². The molecule has 0 N–H and O–H groups in total. The molecule has 0 radical (unpaired) electrons. The summed E-state index contributed by atoms with van der Waals surface area (Å²) in [6, 6.07) is 12.4. The SMILES string of the molecule is CCCCCc1ccc(C(=O)N(CCCC)CC(=O)N(Cc2cccn2C)C2CC2)cc1. The highest BCUT2D eigenvalue weighted by atomic mass is 16.2. The number of nitrogens with zero attached hydrogens (tertiary/aromatic N) is 3. The third kappa shape index (κ3) is 6.72. The minimum absolute atomic E-state index is 0.0403. The van der Waals surface area contributed by atoms with Crippen molar-refractivity contribution < 1.29 is 9.59 Å². The lowest BCUT2D eigenvalue weighted by atomic mass is 10.0. The lowest BCUT2D eigenvalue weighted by molar-refractivity contribution is -0.133. The second-order valence-corrected chi connectivity index (χ2v) is 9.10. The monoisotopic (exact) mass is 437 g/mol. The van der Waals surface area contributed by atoms with Gasteiger partial charge in [0.1, 0.15) is 6.54 Å². The predicted octanol–water partition coefficient (Wildman–Crippen LogP) is 5.19. The van der Waals surface area contributed by atoms with Crippen LogP contribution in [0.1, 0.15) is 80.4 Å². The summed E-state index contributed by atoms with van der Waals surface area (Å²) in [5, 5.41) is 0. The van der Waals surface area contributed by atoms with Gasteiger partial charge in [-0.3, -0.25) is 9.59 Å². The van der Waals surface area contributed by atoms with Gasteiger partial charge in [-0.15, -0.1) is 0 Å². The van der Waals surface area contributed by atoms with Crippen molar-refractivity contribution in [1.82, 2.24) is 14.4 Å². The molecule has 1 aromatic carbocycles. The van der Waals surface area contributed by atoms with E-state index in [1.165, 1.54) is 24.8 Å². The molecule has 2 aromatic rings. The lowest BCUT2D eigenvalue weighted by Crippen LogP contribution is -2.44. The normalized spacial score (nSPS) is 13.2. The highest BCUT2D eigenvalue weighted by molar-refractivity contribution is 5.96. The average Bonchev–Trinajstić information content (AvgIpc) is 3.56. The van der Waals surface area contributed by atoms with Gasteiger partial charge < -0.3 is 14.4 Å². The van der Waals surface area contributed by atoms with Crippen LogP contribution in [0.4, 0.5) is 0 Å². The highest BCUT2D eigenvalue weighted by Crippen LogP contribution is 2.28. The molecule has 5 nitrogen and oxygen atoms in total. The maximum atomic E-state index is 13.3. The number of benzene rings is 1. The van der Waals surface area contributed by atoms with E-state index in [1.807, 2.05) is 36.3 Å². The Morgan fingerprint density at radius 1 is 1.00 bits per heavy atom. The number of carbonyl (C=O) groups is 2. The zero-order valence-corrected chi connectivity index (χ0v) is 20.1. The van der Waals surface area contributed by atoms with E-state index in [1.54, 1.807) is 4.90 Å². The maximum Gasteiger partial charge on any atom is 0.254 e. The molecule has 0 saturated heterocycles. The van der Waals surface area contributed by atoms with Crippen LogP contribution in [0.3, 0.4) is 0 Å². The number of rotatable bonds is 13. The first kappa shape index (κ1) is 24.1. The molecule has 32 heavy (non-hydrogen) atoms. The van der Waals surface area contributed by atoms with Crippen LogP contribution in [0.25, 0.3) is 0 Å². The Balaban J connectivity index is 1.67. The summed E-state index contributed by atoms with van der Waals surface area (Å²) in [6.07, 6.45) is 10.7. The minimum Gasteiger partial charge on any atom is -0.353 e. The fourth-order valence-corrected chi connectivity index (χ4v) is 4.07. The van der Waals surface area contributed by atoms with Gasteiger partial charge in [0.25, 0.3) is 5.91 Å². The van der Waals surface area contributed by atoms with Crippen LogP contribution < -0.4 is 0 Å². The van der Waals surface area contributed by atoms with Gasteiger partial charge in [0.15, 0.2) is 0 Å². The number of hydrogen-bond donors (Lipinski definition) is 0. The van der Waals surface area contributed by atoms with E-state index in [0.29, 0.717) is 24.7 Å². The predicted molar refractivity (Wildman–Crippen MR) is 129 cm³/mol. The molecule has 1 aliphatic carbocycles. The molecule has 5 heteroatoms. The topological polar surface area (TPSA) is 45.6 Å². The fraction of sp³-hybridized carbons (Fsp3) is 0.556. The van der Waals surface area contributed by atoms with Crippen molar-refractivity contribution in [2.45, 2.75) is 77.8 Å². The van der Waals surface area contributed by atoms with Crippen LogP contribution in [-0.4, -0.2) is 45.3 Å². The van der Waals surface area contributed by atoms with Gasteiger partial charge >= 0.3 is 0 Å². The van der Waals surface area contributed by atoms with E-state index in [0.717, 1.165) is 37.8 Å². The third-order valence-corrected chi connectivity index (χ3v) is 6.36. The Labute approximate surface area is 193 Å². The van der Waals surface area contributed by atoms with Crippen LogP contribution in [0.2, 0.25) is 0 Å². The van der Waals surface area contributed by atoms with Gasteiger partial charge in [-0.05, 0) is 61.9 Å². The first-order chi connectivity index (χ1) is 15.5. The Kier molecular flexibility index (Phi) is 8.95. The molecule has 1 aromatic heterocycles. The van der Waals surface area contributed by atoms with Crippen molar-refractivity contribution in [3.8, 4) is 0 Å². The average molecular weight is 438 g/mol. The zero-order valence-electron chi connectivity index (χ0n) is 20.1. The molecule has 3 rings (SSSR count). The second kappa shape index (κ2) is 11.9. The van der Waals surface area contributed by atoms with Crippen molar-refractivity contribution in [3.63, 3.8) is 0 Å². The van der Waals surface area contributed by atoms with Gasteiger partial charge in [-0.1, -0.05) is 45.2 Å². The first-order valence-corrected chi connectivity index (χ1v) is 12.3. The van der Waals surface area contributed by atoms with Crippen LogP contribution in [0, 0.1) is 0 Å². The number of carbonyl (C=O) groups excluding carboxylic acids is 2. The third-order valence-electron chi connectivity index (χ3n) is 6.36. The molecule has 1 heterocycles. The minimum atomic E-state index is -0.0403. The highest BCUT2D eigenvalue weighted by Gasteiger charge is 2.34.